The summed E-state index contributed by atoms with van der Waals surface area (Å²) in [6.45, 7) is 3.07. The minimum absolute atomic E-state index is 0.0746. The number of oxime groups is 1. The van der Waals surface area contributed by atoms with Crippen molar-refractivity contribution in [3.05, 3.63) is 24.3 Å². The standard InChI is InChI=1S/C11H14N4O2/c1-8-6-15(3-2-10(8)14-17)11(16)9-4-12-7-13-5-9/h4-5,7-8,17H,2-3,6H2,1H3. The molecular formula is C11H14N4O2. The van der Waals surface area contributed by atoms with Crippen LogP contribution in [0.3, 0.4) is 0 Å². The van der Waals surface area contributed by atoms with Crippen LogP contribution in [0.15, 0.2) is 23.9 Å². The van der Waals surface area contributed by atoms with Gasteiger partial charge in [0.15, 0.2) is 0 Å². The number of nitrogens with zero attached hydrogens (tertiary/aromatic N) is 4. The van der Waals surface area contributed by atoms with Gasteiger partial charge in [-0.05, 0) is 0 Å². The van der Waals surface area contributed by atoms with E-state index >= 15 is 0 Å². The summed E-state index contributed by atoms with van der Waals surface area (Å²) in [6, 6.07) is 0. The molecule has 1 aromatic heterocycles. The molecule has 1 N–H and O–H groups in total. The zero-order valence-corrected chi connectivity index (χ0v) is 9.58. The number of aromatic nitrogens is 2. The molecule has 0 spiro atoms. The fourth-order valence-corrected chi connectivity index (χ4v) is 1.95. The fourth-order valence-electron chi connectivity index (χ4n) is 1.95. The Labute approximate surface area is 99.0 Å². The Morgan fingerprint density at radius 3 is 2.82 bits per heavy atom. The highest BCUT2D eigenvalue weighted by atomic mass is 16.4. The fraction of sp³-hybridized carbons (Fsp3) is 0.455. The first-order chi connectivity index (χ1) is 8.22. The third kappa shape index (κ3) is 2.41. The van der Waals surface area contributed by atoms with Gasteiger partial charge in [-0.3, -0.25) is 4.79 Å². The average molecular weight is 234 g/mol. The molecule has 1 atom stereocenters. The first-order valence-electron chi connectivity index (χ1n) is 5.47. The highest BCUT2D eigenvalue weighted by Crippen LogP contribution is 2.15. The van der Waals surface area contributed by atoms with Crippen molar-refractivity contribution in [1.82, 2.24) is 14.9 Å². The molecule has 0 radical (unpaired) electrons. The Bertz CT molecular complexity index is 432. The van der Waals surface area contributed by atoms with Gasteiger partial charge in [-0.15, -0.1) is 0 Å². The quantitative estimate of drug-likeness (QED) is 0.575. The van der Waals surface area contributed by atoms with Crippen molar-refractivity contribution < 1.29 is 10.0 Å². The van der Waals surface area contributed by atoms with Gasteiger partial charge in [0.2, 0.25) is 0 Å². The molecule has 1 fully saturated rings. The Morgan fingerprint density at radius 2 is 2.24 bits per heavy atom. The van der Waals surface area contributed by atoms with Crippen LogP contribution in [0, 0.1) is 5.92 Å². The van der Waals surface area contributed by atoms with Crippen molar-refractivity contribution in [2.45, 2.75) is 13.3 Å². The number of rotatable bonds is 1. The van der Waals surface area contributed by atoms with E-state index < -0.39 is 0 Å². The van der Waals surface area contributed by atoms with Crippen LogP contribution >= 0.6 is 0 Å². The monoisotopic (exact) mass is 234 g/mol. The van der Waals surface area contributed by atoms with Gasteiger partial charge in [-0.25, -0.2) is 9.97 Å². The maximum Gasteiger partial charge on any atom is 0.257 e. The molecule has 90 valence electrons. The molecule has 0 bridgehead atoms. The topological polar surface area (TPSA) is 78.7 Å². The molecule has 1 unspecified atom stereocenters. The molecule has 0 saturated carbocycles. The molecule has 1 saturated heterocycles. The van der Waals surface area contributed by atoms with E-state index in [4.69, 9.17) is 5.21 Å². The second kappa shape index (κ2) is 4.90. The first kappa shape index (κ1) is 11.5. The normalized spacial score (nSPS) is 22.8. The maximum absolute atomic E-state index is 12.1. The molecule has 1 aromatic rings. The molecular weight excluding hydrogens is 220 g/mol. The summed E-state index contributed by atoms with van der Waals surface area (Å²) in [5.74, 6) is 0.0109. The van der Waals surface area contributed by atoms with E-state index in [1.54, 1.807) is 4.90 Å². The van der Waals surface area contributed by atoms with Crippen molar-refractivity contribution in [2.75, 3.05) is 13.1 Å². The van der Waals surface area contributed by atoms with Gasteiger partial charge in [-0.2, -0.15) is 0 Å². The molecule has 1 amide bonds. The molecule has 17 heavy (non-hydrogen) atoms. The van der Waals surface area contributed by atoms with E-state index in [1.807, 2.05) is 6.92 Å². The van der Waals surface area contributed by atoms with Crippen LogP contribution in [0.1, 0.15) is 23.7 Å². The van der Waals surface area contributed by atoms with Crippen molar-refractivity contribution >= 4 is 11.6 Å². The Hall–Kier alpha value is -1.98. The van der Waals surface area contributed by atoms with Gasteiger partial charge in [-0.1, -0.05) is 12.1 Å². The lowest BCUT2D eigenvalue weighted by Gasteiger charge is -2.31. The molecule has 2 heterocycles. The number of amides is 1. The molecule has 1 aliphatic rings. The van der Waals surface area contributed by atoms with Crippen LogP contribution in [0.5, 0.6) is 0 Å². The Kier molecular flexibility index (Phi) is 3.32. The van der Waals surface area contributed by atoms with E-state index in [0.717, 1.165) is 5.71 Å². The zero-order chi connectivity index (χ0) is 12.3. The van der Waals surface area contributed by atoms with Gasteiger partial charge in [0.1, 0.15) is 6.33 Å². The maximum atomic E-state index is 12.1. The molecule has 2 rings (SSSR count). The molecule has 1 aliphatic heterocycles. The Balaban J connectivity index is 2.08. The summed E-state index contributed by atoms with van der Waals surface area (Å²) < 4.78 is 0. The van der Waals surface area contributed by atoms with Gasteiger partial charge in [0.05, 0.1) is 11.3 Å². The van der Waals surface area contributed by atoms with E-state index in [9.17, 15) is 4.79 Å². The lowest BCUT2D eigenvalue weighted by Crippen LogP contribution is -2.43. The van der Waals surface area contributed by atoms with Crippen molar-refractivity contribution in [3.8, 4) is 0 Å². The Morgan fingerprint density at radius 1 is 1.53 bits per heavy atom. The van der Waals surface area contributed by atoms with Gasteiger partial charge in [0, 0.05) is 37.8 Å². The van der Waals surface area contributed by atoms with Crippen LogP contribution < -0.4 is 0 Å². The number of likely N-dealkylation sites (tertiary alicyclic amines) is 1. The summed E-state index contributed by atoms with van der Waals surface area (Å²) >= 11 is 0. The summed E-state index contributed by atoms with van der Waals surface area (Å²) in [5.41, 5.74) is 1.24. The average Bonchev–Trinajstić information content (AvgIpc) is 2.39. The third-order valence-corrected chi connectivity index (χ3v) is 2.92. The van der Waals surface area contributed by atoms with Gasteiger partial charge >= 0.3 is 0 Å². The minimum atomic E-state index is -0.0746. The predicted molar refractivity (Wildman–Crippen MR) is 60.9 cm³/mol. The summed E-state index contributed by atoms with van der Waals surface area (Å²) in [4.78, 5) is 21.5. The lowest BCUT2D eigenvalue weighted by atomic mass is 9.97. The van der Waals surface area contributed by atoms with Gasteiger partial charge < -0.3 is 10.1 Å². The highest BCUT2D eigenvalue weighted by molar-refractivity contribution is 5.95. The van der Waals surface area contributed by atoms with Crippen LogP contribution in [0.4, 0.5) is 0 Å². The molecule has 6 nitrogen and oxygen atoms in total. The van der Waals surface area contributed by atoms with Crippen LogP contribution in [-0.4, -0.2) is 44.8 Å². The van der Waals surface area contributed by atoms with E-state index in [1.165, 1.54) is 18.7 Å². The second-order valence-corrected chi connectivity index (χ2v) is 4.12. The SMILES string of the molecule is CC1CN(C(=O)c2cncnc2)CCC1=NO. The number of carbonyl (C=O) groups is 1. The first-order valence-corrected chi connectivity index (χ1v) is 5.47. The van der Waals surface area contributed by atoms with E-state index in [2.05, 4.69) is 15.1 Å². The zero-order valence-electron chi connectivity index (χ0n) is 9.58. The van der Waals surface area contributed by atoms with E-state index in [-0.39, 0.29) is 11.8 Å². The predicted octanol–water partition coefficient (Wildman–Crippen LogP) is 0.789. The number of piperidine rings is 1. The smallest absolute Gasteiger partial charge is 0.257 e. The highest BCUT2D eigenvalue weighted by Gasteiger charge is 2.26. The number of hydrogen-bond acceptors (Lipinski definition) is 5. The lowest BCUT2D eigenvalue weighted by molar-refractivity contribution is 0.0733. The number of carbonyl (C=O) groups excluding carboxylic acids is 1. The molecule has 6 heteroatoms. The van der Waals surface area contributed by atoms with Crippen molar-refractivity contribution in [3.63, 3.8) is 0 Å². The van der Waals surface area contributed by atoms with E-state index in [0.29, 0.717) is 25.1 Å². The summed E-state index contributed by atoms with van der Waals surface area (Å²) in [7, 11) is 0. The van der Waals surface area contributed by atoms with Crippen molar-refractivity contribution in [1.29, 1.82) is 0 Å². The number of hydrogen-bond donors (Lipinski definition) is 1. The summed E-state index contributed by atoms with van der Waals surface area (Å²) in [5, 5.41) is 12.0. The second-order valence-electron chi connectivity index (χ2n) is 4.12. The molecule has 0 aliphatic carbocycles. The van der Waals surface area contributed by atoms with Gasteiger partial charge in [0.25, 0.3) is 5.91 Å². The van der Waals surface area contributed by atoms with Crippen molar-refractivity contribution in [2.24, 2.45) is 11.1 Å². The van der Waals surface area contributed by atoms with Crippen LogP contribution in [-0.2, 0) is 0 Å². The molecule has 0 aromatic carbocycles. The largest absolute Gasteiger partial charge is 0.411 e. The minimum Gasteiger partial charge on any atom is -0.411 e. The van der Waals surface area contributed by atoms with Crippen LogP contribution in [0.25, 0.3) is 0 Å². The summed E-state index contributed by atoms with van der Waals surface area (Å²) in [6.07, 6.45) is 5.02. The third-order valence-electron chi connectivity index (χ3n) is 2.92. The van der Waals surface area contributed by atoms with Crippen LogP contribution in [0.2, 0.25) is 0 Å².